The number of nitrogens with zero attached hydrogens (tertiary/aromatic N) is 3. The minimum Gasteiger partial charge on any atom is -0.355 e. The van der Waals surface area contributed by atoms with E-state index in [2.05, 4.69) is 66.1 Å². The van der Waals surface area contributed by atoms with Gasteiger partial charge in [0.25, 0.3) is 0 Å². The van der Waals surface area contributed by atoms with Gasteiger partial charge in [0.15, 0.2) is 0 Å². The minimum atomic E-state index is -0.0768. The predicted octanol–water partition coefficient (Wildman–Crippen LogP) is 28.8. The van der Waals surface area contributed by atoms with Gasteiger partial charge in [-0.25, -0.2) is 0 Å². The standard InChI is InChI=1S/C104H208N8O5/c1-6-11-16-21-26-31-36-41-46-51-56-61-66-71-76-81-86-105-100(113)95-110(91-93-111(96-101(114)106-87-82-77-72-67-62-57-52-47-42-37-32-27-22-17-12-7-2)97-102(115)107-88-83-78-73-68-63-58-53-48-43-38-33-28-23-18-13-8-3)92-94-112(98-103(116)108-89-84-79-74-69-64-59-54-49-44-39-34-29-24-19-14-9-4)99-104(117)109-90-85-80-75-70-65-60-55-50-45-40-35-30-25-20-15-10-5/h6-99H2,1-5H3,(H,105,113)(H,106,114)(H,107,115)(H,108,116)(H,109,117). The van der Waals surface area contributed by atoms with Crippen molar-refractivity contribution in [1.82, 2.24) is 41.3 Å². The topological polar surface area (TPSA) is 155 Å². The molecule has 13 heteroatoms. The van der Waals surface area contributed by atoms with Crippen molar-refractivity contribution in [2.45, 2.75) is 548 Å². The lowest BCUT2D eigenvalue weighted by Gasteiger charge is -2.29. The molecular weight excluding hydrogens is 1440 g/mol. The average molecular weight is 1650 g/mol. The number of carbonyl (C=O) groups excluding carboxylic acids is 5. The van der Waals surface area contributed by atoms with Crippen molar-refractivity contribution in [3.05, 3.63) is 0 Å². The van der Waals surface area contributed by atoms with E-state index in [-0.39, 0.29) is 62.3 Å². The normalized spacial score (nSPS) is 11.7. The Balaban J connectivity index is 6.15. The molecular formula is C104H208N8O5. The maximum atomic E-state index is 14.1. The second-order valence-corrected chi connectivity index (χ2v) is 37.0. The molecule has 13 nitrogen and oxygen atoms in total. The molecule has 0 aromatic heterocycles. The van der Waals surface area contributed by atoms with Gasteiger partial charge in [0.05, 0.1) is 32.7 Å². The number of carbonyl (C=O) groups is 5. The third kappa shape index (κ3) is 93.8. The van der Waals surface area contributed by atoms with Crippen molar-refractivity contribution in [2.24, 2.45) is 0 Å². The van der Waals surface area contributed by atoms with Crippen molar-refractivity contribution in [2.75, 3.05) is 91.6 Å². The molecule has 0 heterocycles. The van der Waals surface area contributed by atoms with Gasteiger partial charge in [-0.05, 0) is 32.1 Å². The molecule has 117 heavy (non-hydrogen) atoms. The van der Waals surface area contributed by atoms with Gasteiger partial charge < -0.3 is 26.6 Å². The summed E-state index contributed by atoms with van der Waals surface area (Å²) in [5.41, 5.74) is 0. The fraction of sp³-hybridized carbons (Fsp3) is 0.952. The highest BCUT2D eigenvalue weighted by atomic mass is 16.2. The summed E-state index contributed by atoms with van der Waals surface area (Å²) in [7, 11) is 0. The Morgan fingerprint density at radius 2 is 0.231 bits per heavy atom. The fourth-order valence-electron chi connectivity index (χ4n) is 17.1. The summed E-state index contributed by atoms with van der Waals surface area (Å²) in [6, 6.07) is 0. The van der Waals surface area contributed by atoms with Crippen LogP contribution < -0.4 is 26.6 Å². The molecule has 0 atom stereocenters. The van der Waals surface area contributed by atoms with E-state index in [0.717, 1.165) is 64.2 Å². The Hall–Kier alpha value is -2.77. The number of hydrogen-bond donors (Lipinski definition) is 5. The van der Waals surface area contributed by atoms with Crippen LogP contribution >= 0.6 is 0 Å². The van der Waals surface area contributed by atoms with Crippen LogP contribution in [0.15, 0.2) is 0 Å². The van der Waals surface area contributed by atoms with Gasteiger partial charge >= 0.3 is 0 Å². The van der Waals surface area contributed by atoms with E-state index >= 15 is 0 Å². The van der Waals surface area contributed by atoms with Crippen molar-refractivity contribution < 1.29 is 24.0 Å². The molecule has 0 fully saturated rings. The number of rotatable bonds is 101. The third-order valence-electron chi connectivity index (χ3n) is 25.1. The van der Waals surface area contributed by atoms with Crippen LogP contribution in [0.5, 0.6) is 0 Å². The van der Waals surface area contributed by atoms with E-state index < -0.39 is 0 Å². The Morgan fingerprint density at radius 1 is 0.137 bits per heavy atom. The largest absolute Gasteiger partial charge is 0.355 e. The quantitative estimate of drug-likeness (QED) is 0.0377. The Morgan fingerprint density at radius 3 is 0.350 bits per heavy atom. The summed E-state index contributed by atoms with van der Waals surface area (Å²) in [4.78, 5) is 75.9. The first kappa shape index (κ1) is 114. The first-order valence-corrected chi connectivity index (χ1v) is 53.2. The highest BCUT2D eigenvalue weighted by Crippen LogP contribution is 2.21. The van der Waals surface area contributed by atoms with Gasteiger partial charge in [0.2, 0.25) is 29.5 Å². The highest BCUT2D eigenvalue weighted by Gasteiger charge is 2.21. The van der Waals surface area contributed by atoms with Crippen LogP contribution in [0.3, 0.4) is 0 Å². The predicted molar refractivity (Wildman–Crippen MR) is 512 cm³/mol. The SMILES string of the molecule is CCCCCCCCCCCCCCCCCCNC(=O)CN(CCN(CC(=O)NCCCCCCCCCCCCCCCCCC)CC(=O)NCCCCCCCCCCCCCCCCCC)CCN(CC(=O)NCCCCCCCCCCCCCCCCCC)CC(=O)NCCCCCCCCCCCCCCCCCC. The first-order chi connectivity index (χ1) is 57.7. The average Bonchev–Trinajstić information content (AvgIpc) is 0.910. The molecule has 0 spiro atoms. The van der Waals surface area contributed by atoms with Gasteiger partial charge in [0.1, 0.15) is 0 Å². The number of nitrogens with one attached hydrogen (secondary N) is 5. The monoisotopic (exact) mass is 1650 g/mol. The van der Waals surface area contributed by atoms with Crippen LogP contribution in [-0.2, 0) is 24.0 Å². The van der Waals surface area contributed by atoms with Crippen LogP contribution in [-0.4, -0.2) is 136 Å². The lowest BCUT2D eigenvalue weighted by molar-refractivity contribution is -0.126. The summed E-state index contributed by atoms with van der Waals surface area (Å²) in [6.07, 6.45) is 104. The zero-order valence-corrected chi connectivity index (χ0v) is 79.9. The Labute approximate surface area is 730 Å². The van der Waals surface area contributed by atoms with Crippen molar-refractivity contribution in [1.29, 1.82) is 0 Å². The smallest absolute Gasteiger partial charge is 0.234 e. The summed E-state index contributed by atoms with van der Waals surface area (Å²) in [5, 5.41) is 16.1. The second kappa shape index (κ2) is 98.7. The molecule has 0 radical (unpaired) electrons. The summed E-state index contributed by atoms with van der Waals surface area (Å²) >= 11 is 0. The van der Waals surface area contributed by atoms with E-state index in [4.69, 9.17) is 0 Å². The second-order valence-electron chi connectivity index (χ2n) is 37.0. The molecule has 0 aliphatic carbocycles. The minimum absolute atomic E-state index is 0.0461. The number of amides is 5. The summed E-state index contributed by atoms with van der Waals surface area (Å²) in [5.74, 6) is -0.353. The van der Waals surface area contributed by atoms with E-state index in [1.807, 2.05) is 9.80 Å². The maximum absolute atomic E-state index is 14.1. The van der Waals surface area contributed by atoms with Crippen LogP contribution in [0, 0.1) is 0 Å². The molecule has 0 unspecified atom stereocenters. The van der Waals surface area contributed by atoms with Gasteiger partial charge in [-0.1, -0.05) is 516 Å². The molecule has 0 aliphatic heterocycles. The number of hydrogen-bond acceptors (Lipinski definition) is 8. The van der Waals surface area contributed by atoms with E-state index in [0.29, 0.717) is 58.9 Å². The highest BCUT2D eigenvalue weighted by molar-refractivity contribution is 5.82. The number of unbranched alkanes of at least 4 members (excludes halogenated alkanes) is 75. The zero-order valence-electron chi connectivity index (χ0n) is 79.9. The fourth-order valence-corrected chi connectivity index (χ4v) is 17.1. The van der Waals surface area contributed by atoms with Gasteiger partial charge in [-0.15, -0.1) is 0 Å². The van der Waals surface area contributed by atoms with Crippen LogP contribution in [0.1, 0.15) is 548 Å². The van der Waals surface area contributed by atoms with Gasteiger partial charge in [0, 0.05) is 58.9 Å². The molecule has 0 rings (SSSR count). The lowest BCUT2D eigenvalue weighted by atomic mass is 10.0. The molecule has 0 bridgehead atoms. The van der Waals surface area contributed by atoms with Gasteiger partial charge in [-0.3, -0.25) is 38.7 Å². The Bertz CT molecular complexity index is 1800. The van der Waals surface area contributed by atoms with Crippen molar-refractivity contribution in [3.63, 3.8) is 0 Å². The molecule has 5 N–H and O–H groups in total. The zero-order chi connectivity index (χ0) is 84.6. The Kier molecular flexibility index (Phi) is 96.3. The molecule has 0 aromatic carbocycles. The lowest BCUT2D eigenvalue weighted by Crippen LogP contribution is -2.49. The van der Waals surface area contributed by atoms with Crippen molar-refractivity contribution >= 4 is 29.5 Å². The molecule has 0 aromatic rings. The third-order valence-corrected chi connectivity index (χ3v) is 25.1. The van der Waals surface area contributed by atoms with Crippen LogP contribution in [0.25, 0.3) is 0 Å². The molecule has 694 valence electrons. The molecule has 0 saturated heterocycles. The van der Waals surface area contributed by atoms with Gasteiger partial charge in [-0.2, -0.15) is 0 Å². The summed E-state index contributed by atoms with van der Waals surface area (Å²) in [6.45, 7) is 16.8. The van der Waals surface area contributed by atoms with Crippen LogP contribution in [0.2, 0.25) is 0 Å². The molecule has 0 saturated carbocycles. The summed E-state index contributed by atoms with van der Waals surface area (Å²) < 4.78 is 0. The first-order valence-electron chi connectivity index (χ1n) is 53.2. The molecule has 0 aliphatic rings. The van der Waals surface area contributed by atoms with E-state index in [1.165, 1.54) is 449 Å². The molecule has 5 amide bonds. The van der Waals surface area contributed by atoms with Crippen LogP contribution in [0.4, 0.5) is 0 Å². The maximum Gasteiger partial charge on any atom is 0.234 e. The van der Waals surface area contributed by atoms with E-state index in [9.17, 15) is 24.0 Å². The van der Waals surface area contributed by atoms with Crippen molar-refractivity contribution in [3.8, 4) is 0 Å². The van der Waals surface area contributed by atoms with E-state index in [1.54, 1.807) is 0 Å².